The van der Waals surface area contributed by atoms with E-state index in [2.05, 4.69) is 27.3 Å². The maximum absolute atomic E-state index is 11.5. The molecule has 0 saturated carbocycles. The summed E-state index contributed by atoms with van der Waals surface area (Å²) in [4.78, 5) is 12.6. The minimum Gasteiger partial charge on any atom is -0.353 e. The molecule has 0 aliphatic carbocycles. The van der Waals surface area contributed by atoms with Crippen LogP contribution in [0.5, 0.6) is 0 Å². The van der Waals surface area contributed by atoms with Crippen molar-refractivity contribution in [2.75, 3.05) is 5.75 Å². The monoisotopic (exact) mass is 301 g/mol. The normalized spacial score (nSPS) is 10.6. The molecule has 0 spiro atoms. The summed E-state index contributed by atoms with van der Waals surface area (Å²) >= 11 is 4.99. The second-order valence-corrected chi connectivity index (χ2v) is 5.85. The molecule has 1 N–H and O–H groups in total. The zero-order chi connectivity index (χ0) is 12.1. The SMILES string of the molecule is Cc1cc(Br)ccc1SCC(=O)NC(C)C. The number of hydrogen-bond donors (Lipinski definition) is 1. The molecule has 1 aromatic rings. The molecule has 0 unspecified atom stereocenters. The van der Waals surface area contributed by atoms with Crippen molar-refractivity contribution >= 4 is 33.6 Å². The predicted octanol–water partition coefficient (Wildman–Crippen LogP) is 3.37. The van der Waals surface area contributed by atoms with E-state index >= 15 is 0 Å². The van der Waals surface area contributed by atoms with Gasteiger partial charge in [-0.2, -0.15) is 0 Å². The Bertz CT molecular complexity index is 379. The van der Waals surface area contributed by atoms with Crippen LogP contribution in [0.25, 0.3) is 0 Å². The minimum absolute atomic E-state index is 0.0855. The van der Waals surface area contributed by atoms with Gasteiger partial charge in [0.05, 0.1) is 5.75 Å². The number of carbonyl (C=O) groups excluding carboxylic acids is 1. The first-order valence-corrected chi connectivity index (χ1v) is 6.95. The zero-order valence-corrected chi connectivity index (χ0v) is 12.1. The highest BCUT2D eigenvalue weighted by molar-refractivity contribution is 9.10. The van der Waals surface area contributed by atoms with E-state index < -0.39 is 0 Å². The fourth-order valence-corrected chi connectivity index (χ4v) is 2.58. The molecule has 88 valence electrons. The van der Waals surface area contributed by atoms with Crippen molar-refractivity contribution in [2.24, 2.45) is 0 Å². The number of carbonyl (C=O) groups is 1. The van der Waals surface area contributed by atoms with Gasteiger partial charge in [0, 0.05) is 15.4 Å². The summed E-state index contributed by atoms with van der Waals surface area (Å²) in [5.74, 6) is 0.558. The Kier molecular flexibility index (Phi) is 5.35. The second kappa shape index (κ2) is 6.30. The number of thioether (sulfide) groups is 1. The van der Waals surface area contributed by atoms with Gasteiger partial charge in [-0.25, -0.2) is 0 Å². The third-order valence-corrected chi connectivity index (χ3v) is 3.61. The van der Waals surface area contributed by atoms with Crippen molar-refractivity contribution in [2.45, 2.75) is 31.7 Å². The average Bonchev–Trinajstić information content (AvgIpc) is 2.15. The Morgan fingerprint density at radius 2 is 2.19 bits per heavy atom. The van der Waals surface area contributed by atoms with Crippen LogP contribution >= 0.6 is 27.7 Å². The van der Waals surface area contributed by atoms with Gasteiger partial charge in [0.2, 0.25) is 5.91 Å². The Morgan fingerprint density at radius 1 is 1.50 bits per heavy atom. The molecule has 1 amide bonds. The molecule has 1 aromatic carbocycles. The smallest absolute Gasteiger partial charge is 0.230 e. The highest BCUT2D eigenvalue weighted by Gasteiger charge is 2.06. The van der Waals surface area contributed by atoms with Crippen LogP contribution in [0.1, 0.15) is 19.4 Å². The van der Waals surface area contributed by atoms with Gasteiger partial charge in [-0.3, -0.25) is 4.79 Å². The van der Waals surface area contributed by atoms with Crippen LogP contribution in [0, 0.1) is 6.92 Å². The summed E-state index contributed by atoms with van der Waals surface area (Å²) < 4.78 is 1.07. The minimum atomic E-state index is 0.0855. The zero-order valence-electron chi connectivity index (χ0n) is 9.71. The third kappa shape index (κ3) is 4.58. The van der Waals surface area contributed by atoms with E-state index in [1.165, 1.54) is 5.56 Å². The predicted molar refractivity (Wildman–Crippen MR) is 72.9 cm³/mol. The van der Waals surface area contributed by atoms with Crippen LogP contribution in [0.15, 0.2) is 27.6 Å². The van der Waals surface area contributed by atoms with Gasteiger partial charge < -0.3 is 5.32 Å². The maximum Gasteiger partial charge on any atom is 0.230 e. The lowest BCUT2D eigenvalue weighted by Gasteiger charge is -2.09. The van der Waals surface area contributed by atoms with Gasteiger partial charge in [0.25, 0.3) is 0 Å². The molecule has 0 atom stereocenters. The molecule has 4 heteroatoms. The number of benzene rings is 1. The van der Waals surface area contributed by atoms with Crippen LogP contribution in [-0.4, -0.2) is 17.7 Å². The molecule has 0 heterocycles. The molecule has 1 rings (SSSR count). The summed E-state index contributed by atoms with van der Waals surface area (Å²) in [6.07, 6.45) is 0. The molecule has 0 saturated heterocycles. The van der Waals surface area contributed by atoms with Gasteiger partial charge in [-0.15, -0.1) is 11.8 Å². The summed E-state index contributed by atoms with van der Waals surface area (Å²) in [7, 11) is 0. The molecule has 0 radical (unpaired) electrons. The Hall–Kier alpha value is -0.480. The quantitative estimate of drug-likeness (QED) is 0.864. The van der Waals surface area contributed by atoms with Gasteiger partial charge in [0.15, 0.2) is 0 Å². The number of hydrogen-bond acceptors (Lipinski definition) is 2. The lowest BCUT2D eigenvalue weighted by Crippen LogP contribution is -2.31. The number of amides is 1. The first-order chi connectivity index (χ1) is 7.49. The highest BCUT2D eigenvalue weighted by Crippen LogP contribution is 2.24. The molecule has 0 fully saturated rings. The van der Waals surface area contributed by atoms with Crippen molar-refractivity contribution < 1.29 is 4.79 Å². The van der Waals surface area contributed by atoms with E-state index in [0.29, 0.717) is 5.75 Å². The third-order valence-electron chi connectivity index (χ3n) is 1.95. The summed E-state index contributed by atoms with van der Waals surface area (Å²) in [6, 6.07) is 6.30. The van der Waals surface area contributed by atoms with Crippen LogP contribution in [0.3, 0.4) is 0 Å². The topological polar surface area (TPSA) is 29.1 Å². The van der Waals surface area contributed by atoms with Crippen LogP contribution in [0.2, 0.25) is 0 Å². The average molecular weight is 302 g/mol. The Balaban J connectivity index is 2.51. The fraction of sp³-hybridized carbons (Fsp3) is 0.417. The van der Waals surface area contributed by atoms with Gasteiger partial charge in [0.1, 0.15) is 0 Å². The molecule has 0 aliphatic heterocycles. The van der Waals surface area contributed by atoms with Gasteiger partial charge in [-0.05, 0) is 44.5 Å². The van der Waals surface area contributed by atoms with Crippen molar-refractivity contribution in [3.05, 3.63) is 28.2 Å². The molecule has 0 aromatic heterocycles. The summed E-state index contributed by atoms with van der Waals surface area (Å²) in [5, 5.41) is 2.87. The van der Waals surface area contributed by atoms with Crippen molar-refractivity contribution in [1.29, 1.82) is 0 Å². The van der Waals surface area contributed by atoms with Crippen LogP contribution in [-0.2, 0) is 4.79 Å². The fourth-order valence-electron chi connectivity index (χ4n) is 1.28. The molecular weight excluding hydrogens is 286 g/mol. The molecule has 0 bridgehead atoms. The lowest BCUT2D eigenvalue weighted by molar-refractivity contribution is -0.119. The van der Waals surface area contributed by atoms with Crippen LogP contribution < -0.4 is 5.32 Å². The number of aryl methyl sites for hydroxylation is 1. The molecule has 16 heavy (non-hydrogen) atoms. The van der Waals surface area contributed by atoms with Crippen molar-refractivity contribution in [3.8, 4) is 0 Å². The van der Waals surface area contributed by atoms with E-state index in [0.717, 1.165) is 9.37 Å². The van der Waals surface area contributed by atoms with E-state index in [4.69, 9.17) is 0 Å². The number of rotatable bonds is 4. The van der Waals surface area contributed by atoms with E-state index in [1.54, 1.807) is 11.8 Å². The number of nitrogens with one attached hydrogen (secondary N) is 1. The highest BCUT2D eigenvalue weighted by atomic mass is 79.9. The largest absolute Gasteiger partial charge is 0.353 e. The summed E-state index contributed by atoms with van der Waals surface area (Å²) in [5.41, 5.74) is 1.19. The van der Waals surface area contributed by atoms with Crippen molar-refractivity contribution in [3.63, 3.8) is 0 Å². The second-order valence-electron chi connectivity index (χ2n) is 3.92. The van der Waals surface area contributed by atoms with E-state index in [-0.39, 0.29) is 11.9 Å². The first-order valence-electron chi connectivity index (χ1n) is 5.17. The molecule has 0 aliphatic rings. The summed E-state index contributed by atoms with van der Waals surface area (Å²) in [6.45, 7) is 5.98. The number of halogens is 1. The van der Waals surface area contributed by atoms with Crippen LogP contribution in [0.4, 0.5) is 0 Å². The lowest BCUT2D eigenvalue weighted by atomic mass is 10.2. The molecule has 2 nitrogen and oxygen atoms in total. The van der Waals surface area contributed by atoms with Gasteiger partial charge in [-0.1, -0.05) is 15.9 Å². The Labute approximate surface area is 109 Å². The van der Waals surface area contributed by atoms with E-state index in [9.17, 15) is 4.79 Å². The van der Waals surface area contributed by atoms with Gasteiger partial charge >= 0.3 is 0 Å². The molecular formula is C12H16BrNOS. The van der Waals surface area contributed by atoms with Crippen molar-refractivity contribution in [1.82, 2.24) is 5.32 Å². The Morgan fingerprint density at radius 3 is 2.75 bits per heavy atom. The maximum atomic E-state index is 11.5. The standard InChI is InChI=1S/C12H16BrNOS/c1-8(2)14-12(15)7-16-11-5-4-10(13)6-9(11)3/h4-6,8H,7H2,1-3H3,(H,14,15). The van der Waals surface area contributed by atoms with E-state index in [1.807, 2.05) is 32.9 Å². The first kappa shape index (κ1) is 13.6.